The zero-order valence-corrected chi connectivity index (χ0v) is 17.3. The number of hydrogen-bond acceptors (Lipinski definition) is 7. The van der Waals surface area contributed by atoms with E-state index in [9.17, 15) is 14.7 Å². The Morgan fingerprint density at radius 1 is 1.41 bits per heavy atom. The molecule has 27 heavy (non-hydrogen) atoms. The molecule has 1 amide bonds. The number of hydrogen-bond donors (Lipinski definition) is 6. The number of aliphatic hydroxyl groups is 1. The highest BCUT2D eigenvalue weighted by molar-refractivity contribution is 7.80. The molecule has 0 aromatic heterocycles. The zero-order chi connectivity index (χ0) is 20.4. The first-order valence-electron chi connectivity index (χ1n) is 9.81. The summed E-state index contributed by atoms with van der Waals surface area (Å²) < 4.78 is 0. The molecule has 0 saturated carbocycles. The number of amides is 1. The van der Waals surface area contributed by atoms with Crippen molar-refractivity contribution in [3.05, 3.63) is 0 Å². The van der Waals surface area contributed by atoms with Gasteiger partial charge in [0.05, 0.1) is 6.04 Å². The molecule has 9 heteroatoms. The van der Waals surface area contributed by atoms with Crippen LogP contribution in [-0.2, 0) is 9.59 Å². The molecule has 1 rings (SSSR count). The molecule has 1 fully saturated rings. The van der Waals surface area contributed by atoms with E-state index in [0.29, 0.717) is 31.2 Å². The monoisotopic (exact) mass is 404 g/mol. The Labute approximate surface area is 167 Å². The lowest BCUT2D eigenvalue weighted by atomic mass is 9.98. The largest absolute Gasteiger partial charge is 0.480 e. The number of nitrogens with zero attached hydrogens (tertiary/aromatic N) is 1. The summed E-state index contributed by atoms with van der Waals surface area (Å²) in [6, 6.07) is -1.21. The highest BCUT2D eigenvalue weighted by Gasteiger charge is 2.34. The molecule has 6 N–H and O–H groups in total. The number of carboxylic acids is 1. The summed E-state index contributed by atoms with van der Waals surface area (Å²) >= 11 is 4.22. The van der Waals surface area contributed by atoms with Gasteiger partial charge in [-0.2, -0.15) is 12.6 Å². The van der Waals surface area contributed by atoms with E-state index in [0.717, 1.165) is 19.4 Å². The zero-order valence-electron chi connectivity index (χ0n) is 16.4. The van der Waals surface area contributed by atoms with E-state index >= 15 is 0 Å². The van der Waals surface area contributed by atoms with Crippen molar-refractivity contribution in [2.75, 3.05) is 32.0 Å². The topological polar surface area (TPSA) is 128 Å². The molecule has 5 atom stereocenters. The molecule has 0 unspecified atom stereocenters. The van der Waals surface area contributed by atoms with Gasteiger partial charge in [0.15, 0.2) is 0 Å². The molecule has 158 valence electrons. The maximum atomic E-state index is 12.6. The van der Waals surface area contributed by atoms with Crippen LogP contribution in [0.3, 0.4) is 0 Å². The fourth-order valence-electron chi connectivity index (χ4n) is 3.35. The fraction of sp³-hybridized carbons (Fsp3) is 0.889. The number of aliphatic hydroxyl groups excluding tert-OH is 1. The third-order valence-electron chi connectivity index (χ3n) is 5.34. The van der Waals surface area contributed by atoms with Gasteiger partial charge in [0.25, 0.3) is 0 Å². The van der Waals surface area contributed by atoms with Crippen LogP contribution < -0.4 is 16.4 Å². The first kappa shape index (κ1) is 24.2. The van der Waals surface area contributed by atoms with Gasteiger partial charge < -0.3 is 26.6 Å². The van der Waals surface area contributed by atoms with Gasteiger partial charge in [0, 0.05) is 44.0 Å². The molecule has 1 saturated heterocycles. The standard InChI is InChI=1S/C18H36N4O4S/c1-3-12(2)15(20-9-13(19)11-27)10-22-7-4-5-16(22)17(24)21-14(6-8-23)18(25)26/h12-16,20,23,27H,3-11,19H2,1-2H3,(H,21,24)(H,25,26)/t12-,13+,14-,15+,16-/m0/s1. The lowest BCUT2D eigenvalue weighted by molar-refractivity contribution is -0.143. The molecule has 1 aliphatic rings. The highest BCUT2D eigenvalue weighted by atomic mass is 32.1. The first-order chi connectivity index (χ1) is 12.8. The van der Waals surface area contributed by atoms with Gasteiger partial charge in [-0.05, 0) is 25.3 Å². The number of carbonyl (C=O) groups excluding carboxylic acids is 1. The van der Waals surface area contributed by atoms with E-state index in [1.54, 1.807) is 0 Å². The van der Waals surface area contributed by atoms with Crippen molar-refractivity contribution < 1.29 is 19.8 Å². The number of thiol groups is 1. The maximum absolute atomic E-state index is 12.6. The number of carbonyl (C=O) groups is 2. The summed E-state index contributed by atoms with van der Waals surface area (Å²) in [5, 5.41) is 24.3. The average molecular weight is 405 g/mol. The van der Waals surface area contributed by atoms with Crippen LogP contribution in [0.25, 0.3) is 0 Å². The predicted octanol–water partition coefficient (Wildman–Crippen LogP) is -0.336. The molecule has 0 aliphatic carbocycles. The summed E-state index contributed by atoms with van der Waals surface area (Å²) in [6.07, 6.45) is 2.63. The fourth-order valence-corrected chi connectivity index (χ4v) is 3.48. The van der Waals surface area contributed by atoms with Crippen LogP contribution >= 0.6 is 12.6 Å². The summed E-state index contributed by atoms with van der Waals surface area (Å²) in [4.78, 5) is 26.0. The Bertz CT molecular complexity index is 469. The molecule has 0 aromatic carbocycles. The molecular formula is C18H36N4O4S. The third-order valence-corrected chi connectivity index (χ3v) is 5.81. The summed E-state index contributed by atoms with van der Waals surface area (Å²) in [6.45, 7) is 6.22. The number of aliphatic carboxylic acids is 1. The number of rotatable bonds is 13. The van der Waals surface area contributed by atoms with Crippen LogP contribution in [-0.4, -0.2) is 83.2 Å². The van der Waals surface area contributed by atoms with Crippen LogP contribution in [0, 0.1) is 5.92 Å². The van der Waals surface area contributed by atoms with E-state index < -0.39 is 12.0 Å². The molecule has 1 heterocycles. The van der Waals surface area contributed by atoms with Gasteiger partial charge in [-0.3, -0.25) is 9.69 Å². The number of carboxylic acid groups (broad SMARTS) is 1. The van der Waals surface area contributed by atoms with Crippen LogP contribution in [0.2, 0.25) is 0 Å². The average Bonchev–Trinajstić information content (AvgIpc) is 3.11. The summed E-state index contributed by atoms with van der Waals surface area (Å²) in [5.74, 6) is -0.371. The Kier molecular flexibility index (Phi) is 11.2. The van der Waals surface area contributed by atoms with Crippen LogP contribution in [0.1, 0.15) is 39.5 Å². The van der Waals surface area contributed by atoms with Gasteiger partial charge in [-0.1, -0.05) is 20.3 Å². The van der Waals surface area contributed by atoms with Crippen LogP contribution in [0.4, 0.5) is 0 Å². The minimum Gasteiger partial charge on any atom is -0.480 e. The Morgan fingerprint density at radius 3 is 2.67 bits per heavy atom. The quantitative estimate of drug-likeness (QED) is 0.232. The molecular weight excluding hydrogens is 368 g/mol. The van der Waals surface area contributed by atoms with Crippen molar-refractivity contribution in [3.8, 4) is 0 Å². The van der Waals surface area contributed by atoms with Crippen LogP contribution in [0.5, 0.6) is 0 Å². The summed E-state index contributed by atoms with van der Waals surface area (Å²) in [7, 11) is 0. The van der Waals surface area contributed by atoms with Crippen molar-refractivity contribution in [3.63, 3.8) is 0 Å². The molecule has 0 bridgehead atoms. The molecule has 0 aromatic rings. The lowest BCUT2D eigenvalue weighted by Gasteiger charge is -2.33. The van der Waals surface area contributed by atoms with E-state index in [1.807, 2.05) is 0 Å². The minimum absolute atomic E-state index is 0.00641. The van der Waals surface area contributed by atoms with Crippen molar-refractivity contribution in [2.45, 2.75) is 63.7 Å². The van der Waals surface area contributed by atoms with E-state index in [4.69, 9.17) is 10.8 Å². The second-order valence-corrected chi connectivity index (χ2v) is 7.77. The third kappa shape index (κ3) is 7.95. The predicted molar refractivity (Wildman–Crippen MR) is 109 cm³/mol. The van der Waals surface area contributed by atoms with E-state index in [-0.39, 0.29) is 37.1 Å². The maximum Gasteiger partial charge on any atom is 0.326 e. The smallest absolute Gasteiger partial charge is 0.326 e. The molecule has 0 radical (unpaired) electrons. The van der Waals surface area contributed by atoms with Gasteiger partial charge in [0.1, 0.15) is 6.04 Å². The van der Waals surface area contributed by atoms with Crippen molar-refractivity contribution in [2.24, 2.45) is 11.7 Å². The molecule has 0 spiro atoms. The summed E-state index contributed by atoms with van der Waals surface area (Å²) in [5.41, 5.74) is 5.97. The molecule has 1 aliphatic heterocycles. The minimum atomic E-state index is -1.12. The second kappa shape index (κ2) is 12.6. The van der Waals surface area contributed by atoms with Crippen molar-refractivity contribution in [1.82, 2.24) is 15.5 Å². The van der Waals surface area contributed by atoms with E-state index in [2.05, 4.69) is 42.0 Å². The van der Waals surface area contributed by atoms with Gasteiger partial charge in [0.2, 0.25) is 5.91 Å². The second-order valence-electron chi connectivity index (χ2n) is 7.41. The SMILES string of the molecule is CC[C@H](C)[C@@H](CN1CCC[C@H]1C(=O)N[C@@H](CCO)C(=O)O)NC[C@@H](N)CS. The molecule has 8 nitrogen and oxygen atoms in total. The Morgan fingerprint density at radius 2 is 2.11 bits per heavy atom. The van der Waals surface area contributed by atoms with Crippen molar-refractivity contribution in [1.29, 1.82) is 0 Å². The lowest BCUT2D eigenvalue weighted by Crippen LogP contribution is -2.54. The number of nitrogens with two attached hydrogens (primary N) is 1. The van der Waals surface area contributed by atoms with Crippen LogP contribution in [0.15, 0.2) is 0 Å². The first-order valence-corrected chi connectivity index (χ1v) is 10.4. The Hall–Kier alpha value is -0.870. The Balaban J connectivity index is 2.71. The highest BCUT2D eigenvalue weighted by Crippen LogP contribution is 2.20. The van der Waals surface area contributed by atoms with Gasteiger partial charge in [-0.15, -0.1) is 0 Å². The van der Waals surface area contributed by atoms with E-state index in [1.165, 1.54) is 0 Å². The van der Waals surface area contributed by atoms with Crippen molar-refractivity contribution >= 4 is 24.5 Å². The number of likely N-dealkylation sites (tertiary alicyclic amines) is 1. The normalized spacial score (nSPS) is 22.2. The van der Waals surface area contributed by atoms with Gasteiger partial charge in [-0.25, -0.2) is 4.79 Å². The number of nitrogens with one attached hydrogen (secondary N) is 2. The van der Waals surface area contributed by atoms with Gasteiger partial charge >= 0.3 is 5.97 Å².